The van der Waals surface area contributed by atoms with E-state index in [4.69, 9.17) is 0 Å². The normalized spacial score (nSPS) is 18.5. The fraction of sp³-hybridized carbons (Fsp3) is 0.733. The maximum absolute atomic E-state index is 12.2. The Morgan fingerprint density at radius 2 is 2.05 bits per heavy atom. The van der Waals surface area contributed by atoms with Crippen LogP contribution in [0.25, 0.3) is 0 Å². The van der Waals surface area contributed by atoms with Crippen molar-refractivity contribution in [1.82, 2.24) is 19.8 Å². The number of imidazole rings is 1. The van der Waals surface area contributed by atoms with Crippen molar-refractivity contribution in [2.45, 2.75) is 45.1 Å². The van der Waals surface area contributed by atoms with Gasteiger partial charge in [0.15, 0.2) is 0 Å². The third kappa shape index (κ3) is 4.07. The third-order valence-corrected chi connectivity index (χ3v) is 4.14. The van der Waals surface area contributed by atoms with E-state index in [-0.39, 0.29) is 11.9 Å². The monoisotopic (exact) mass is 278 g/mol. The highest BCUT2D eigenvalue weighted by atomic mass is 16.2. The first-order chi connectivity index (χ1) is 9.68. The molecule has 1 fully saturated rings. The van der Waals surface area contributed by atoms with Gasteiger partial charge in [-0.25, -0.2) is 4.98 Å². The van der Waals surface area contributed by atoms with E-state index in [0.29, 0.717) is 6.54 Å². The summed E-state index contributed by atoms with van der Waals surface area (Å²) < 4.78 is 1.99. The summed E-state index contributed by atoms with van der Waals surface area (Å²) in [6.45, 7) is 4.77. The van der Waals surface area contributed by atoms with Crippen molar-refractivity contribution in [3.05, 3.63) is 18.2 Å². The van der Waals surface area contributed by atoms with Crippen molar-refractivity contribution in [2.24, 2.45) is 7.05 Å². The SMILES string of the molecule is C[C@H](C(=O)NCCc1nccn1C)N1CCCCCC1. The summed E-state index contributed by atoms with van der Waals surface area (Å²) >= 11 is 0. The molecule has 1 amide bonds. The summed E-state index contributed by atoms with van der Waals surface area (Å²) in [4.78, 5) is 18.8. The van der Waals surface area contributed by atoms with Crippen molar-refractivity contribution in [2.75, 3.05) is 19.6 Å². The van der Waals surface area contributed by atoms with Crippen LogP contribution in [0.15, 0.2) is 12.4 Å². The molecule has 5 heteroatoms. The lowest BCUT2D eigenvalue weighted by Crippen LogP contribution is -2.46. The zero-order valence-corrected chi connectivity index (χ0v) is 12.6. The molecule has 2 heterocycles. The van der Waals surface area contributed by atoms with Gasteiger partial charge in [0.25, 0.3) is 0 Å². The molecule has 2 rings (SSSR count). The van der Waals surface area contributed by atoms with Gasteiger partial charge in [0, 0.05) is 32.4 Å². The summed E-state index contributed by atoms with van der Waals surface area (Å²) in [7, 11) is 1.98. The van der Waals surface area contributed by atoms with Gasteiger partial charge < -0.3 is 9.88 Å². The Bertz CT molecular complexity index is 421. The average Bonchev–Trinajstić information content (AvgIpc) is 2.70. The van der Waals surface area contributed by atoms with Crippen LogP contribution < -0.4 is 5.32 Å². The number of rotatable bonds is 5. The van der Waals surface area contributed by atoms with Crippen LogP contribution in [0.1, 0.15) is 38.4 Å². The van der Waals surface area contributed by atoms with E-state index in [1.165, 1.54) is 25.7 Å². The predicted molar refractivity (Wildman–Crippen MR) is 79.4 cm³/mol. The van der Waals surface area contributed by atoms with Crippen molar-refractivity contribution in [3.63, 3.8) is 0 Å². The highest BCUT2D eigenvalue weighted by Gasteiger charge is 2.21. The van der Waals surface area contributed by atoms with Gasteiger partial charge in [0.2, 0.25) is 5.91 Å². The van der Waals surface area contributed by atoms with E-state index in [1.807, 2.05) is 24.7 Å². The van der Waals surface area contributed by atoms with Gasteiger partial charge in [-0.05, 0) is 32.9 Å². The highest BCUT2D eigenvalue weighted by molar-refractivity contribution is 5.81. The lowest BCUT2D eigenvalue weighted by molar-refractivity contribution is -0.125. The van der Waals surface area contributed by atoms with Crippen molar-refractivity contribution < 1.29 is 4.79 Å². The largest absolute Gasteiger partial charge is 0.354 e. The second kappa shape index (κ2) is 7.43. The second-order valence-corrected chi connectivity index (χ2v) is 5.62. The molecular weight excluding hydrogens is 252 g/mol. The molecule has 1 aromatic heterocycles. The Kier molecular flexibility index (Phi) is 5.59. The van der Waals surface area contributed by atoms with Crippen LogP contribution in [0, 0.1) is 0 Å². The number of carbonyl (C=O) groups excluding carboxylic acids is 1. The molecule has 20 heavy (non-hydrogen) atoms. The quantitative estimate of drug-likeness (QED) is 0.884. The standard InChI is InChI=1S/C15H26N4O/c1-13(19-10-5-3-4-6-11-19)15(20)17-8-7-14-16-9-12-18(14)2/h9,12-13H,3-8,10-11H2,1-2H3,(H,17,20)/t13-/m1/s1. The minimum absolute atomic E-state index is 0.0190. The van der Waals surface area contributed by atoms with E-state index in [0.717, 1.165) is 25.3 Å². The summed E-state index contributed by atoms with van der Waals surface area (Å²) in [6, 6.07) is -0.0190. The molecule has 0 aliphatic carbocycles. The Labute approximate surface area is 121 Å². The average molecular weight is 278 g/mol. The molecule has 1 aliphatic rings. The summed E-state index contributed by atoms with van der Waals surface area (Å²) in [5, 5.41) is 3.03. The van der Waals surface area contributed by atoms with Crippen LogP contribution in [-0.4, -0.2) is 46.0 Å². The van der Waals surface area contributed by atoms with Gasteiger partial charge in [0.05, 0.1) is 6.04 Å². The molecule has 0 aromatic carbocycles. The number of nitrogens with one attached hydrogen (secondary N) is 1. The number of aromatic nitrogens is 2. The molecule has 0 radical (unpaired) electrons. The van der Waals surface area contributed by atoms with Gasteiger partial charge in [-0.3, -0.25) is 9.69 Å². The summed E-state index contributed by atoms with van der Waals surface area (Å²) in [5.74, 6) is 1.15. The fourth-order valence-corrected chi connectivity index (χ4v) is 2.73. The third-order valence-electron chi connectivity index (χ3n) is 4.14. The molecule has 1 N–H and O–H groups in total. The minimum Gasteiger partial charge on any atom is -0.354 e. The lowest BCUT2D eigenvalue weighted by Gasteiger charge is -2.26. The molecule has 5 nitrogen and oxygen atoms in total. The summed E-state index contributed by atoms with van der Waals surface area (Å²) in [6.07, 6.45) is 9.51. The molecule has 0 unspecified atom stereocenters. The number of aryl methyl sites for hydroxylation is 1. The Hall–Kier alpha value is -1.36. The molecular formula is C15H26N4O. The second-order valence-electron chi connectivity index (χ2n) is 5.62. The van der Waals surface area contributed by atoms with Gasteiger partial charge in [-0.2, -0.15) is 0 Å². The van der Waals surface area contributed by atoms with Crippen LogP contribution in [0.3, 0.4) is 0 Å². The molecule has 0 bridgehead atoms. The van der Waals surface area contributed by atoms with E-state index in [1.54, 1.807) is 6.20 Å². The first-order valence-corrected chi connectivity index (χ1v) is 7.66. The predicted octanol–water partition coefficient (Wildman–Crippen LogP) is 1.34. The van der Waals surface area contributed by atoms with Crippen LogP contribution in [0.4, 0.5) is 0 Å². The number of carbonyl (C=O) groups is 1. The van der Waals surface area contributed by atoms with Crippen LogP contribution in [-0.2, 0) is 18.3 Å². The van der Waals surface area contributed by atoms with E-state index < -0.39 is 0 Å². The van der Waals surface area contributed by atoms with Crippen LogP contribution in [0.5, 0.6) is 0 Å². The van der Waals surface area contributed by atoms with Crippen LogP contribution in [0.2, 0.25) is 0 Å². The molecule has 1 atom stereocenters. The van der Waals surface area contributed by atoms with E-state index >= 15 is 0 Å². The number of amides is 1. The van der Waals surface area contributed by atoms with Gasteiger partial charge in [0.1, 0.15) is 5.82 Å². The fourth-order valence-electron chi connectivity index (χ4n) is 2.73. The Morgan fingerprint density at radius 1 is 1.35 bits per heavy atom. The van der Waals surface area contributed by atoms with Crippen molar-refractivity contribution >= 4 is 5.91 Å². The molecule has 0 spiro atoms. The maximum Gasteiger partial charge on any atom is 0.237 e. The van der Waals surface area contributed by atoms with E-state index in [9.17, 15) is 4.79 Å². The minimum atomic E-state index is -0.0190. The zero-order chi connectivity index (χ0) is 14.4. The molecule has 0 saturated carbocycles. The van der Waals surface area contributed by atoms with Gasteiger partial charge in [-0.1, -0.05) is 12.8 Å². The van der Waals surface area contributed by atoms with Gasteiger partial charge in [-0.15, -0.1) is 0 Å². The van der Waals surface area contributed by atoms with Gasteiger partial charge >= 0.3 is 0 Å². The molecule has 1 aliphatic heterocycles. The molecule has 1 saturated heterocycles. The first-order valence-electron chi connectivity index (χ1n) is 7.66. The highest BCUT2D eigenvalue weighted by Crippen LogP contribution is 2.12. The Morgan fingerprint density at radius 3 is 2.65 bits per heavy atom. The topological polar surface area (TPSA) is 50.2 Å². The Balaban J connectivity index is 1.74. The number of hydrogen-bond donors (Lipinski definition) is 1. The van der Waals surface area contributed by atoms with Crippen molar-refractivity contribution in [3.8, 4) is 0 Å². The molecule has 112 valence electrons. The van der Waals surface area contributed by atoms with Crippen LogP contribution >= 0.6 is 0 Å². The number of nitrogens with zero attached hydrogens (tertiary/aromatic N) is 3. The smallest absolute Gasteiger partial charge is 0.237 e. The van der Waals surface area contributed by atoms with Crippen molar-refractivity contribution in [1.29, 1.82) is 0 Å². The summed E-state index contributed by atoms with van der Waals surface area (Å²) in [5.41, 5.74) is 0. The van der Waals surface area contributed by atoms with E-state index in [2.05, 4.69) is 15.2 Å². The lowest BCUT2D eigenvalue weighted by atomic mass is 10.2. The zero-order valence-electron chi connectivity index (χ0n) is 12.6. The first kappa shape index (κ1) is 15.0. The molecule has 1 aromatic rings. The maximum atomic E-state index is 12.2. The number of likely N-dealkylation sites (tertiary alicyclic amines) is 1. The number of hydrogen-bond acceptors (Lipinski definition) is 3.